The van der Waals surface area contributed by atoms with E-state index in [9.17, 15) is 4.57 Å². The van der Waals surface area contributed by atoms with Crippen molar-refractivity contribution in [2.45, 2.75) is 39.3 Å². The van der Waals surface area contributed by atoms with Gasteiger partial charge in [0.05, 0.1) is 5.66 Å². The lowest BCUT2D eigenvalue weighted by Gasteiger charge is -2.22. The molecule has 4 nitrogen and oxygen atoms in total. The molecule has 0 bridgehead atoms. The minimum absolute atomic E-state index is 0.297. The summed E-state index contributed by atoms with van der Waals surface area (Å²) in [6, 6.07) is 7.13. The Balaban J connectivity index is 2.88. The maximum Gasteiger partial charge on any atom is 0.408 e. The Kier molecular flexibility index (Phi) is 5.19. The van der Waals surface area contributed by atoms with Crippen molar-refractivity contribution in [2.75, 3.05) is 0 Å². The summed E-state index contributed by atoms with van der Waals surface area (Å²) in [5.41, 5.74) is 0.786. The second kappa shape index (κ2) is 6.20. The molecule has 0 saturated carbocycles. The molecule has 0 aliphatic carbocycles. The summed E-state index contributed by atoms with van der Waals surface area (Å²) >= 11 is 0. The average Bonchev–Trinajstić information content (AvgIpc) is 2.33. The van der Waals surface area contributed by atoms with Crippen LogP contribution in [-0.2, 0) is 9.24 Å². The Hall–Kier alpha value is -0.830. The van der Waals surface area contributed by atoms with Gasteiger partial charge in [-0.05, 0) is 31.9 Å². The molecule has 0 saturated heterocycles. The second-order valence-electron chi connectivity index (χ2n) is 4.00. The standard InChI is InChI=1S/C12H19O4P/c1-4-12(5-2)17(14,16-13)15-11-8-6-10(3)7-9-11/h6-9,12-13H,4-5H2,1-3H3. The van der Waals surface area contributed by atoms with Crippen LogP contribution in [0.2, 0.25) is 0 Å². The van der Waals surface area contributed by atoms with Crippen molar-refractivity contribution in [2.24, 2.45) is 0 Å². The molecule has 1 unspecified atom stereocenters. The van der Waals surface area contributed by atoms with Gasteiger partial charge in [0.25, 0.3) is 0 Å². The number of hydrogen-bond donors (Lipinski definition) is 1. The van der Waals surface area contributed by atoms with Crippen molar-refractivity contribution < 1.29 is 19.0 Å². The second-order valence-corrected chi connectivity index (χ2v) is 6.15. The molecule has 17 heavy (non-hydrogen) atoms. The number of benzene rings is 1. The summed E-state index contributed by atoms with van der Waals surface area (Å²) in [5.74, 6) is 0.444. The van der Waals surface area contributed by atoms with Crippen LogP contribution >= 0.6 is 7.60 Å². The maximum absolute atomic E-state index is 12.3. The lowest BCUT2D eigenvalue weighted by molar-refractivity contribution is -0.146. The first-order valence-electron chi connectivity index (χ1n) is 5.74. The van der Waals surface area contributed by atoms with Crippen LogP contribution in [-0.4, -0.2) is 10.9 Å². The molecular formula is C12H19O4P. The molecule has 0 radical (unpaired) electrons. The monoisotopic (exact) mass is 258 g/mol. The van der Waals surface area contributed by atoms with Crippen LogP contribution in [0.25, 0.3) is 0 Å². The van der Waals surface area contributed by atoms with Gasteiger partial charge in [-0.15, -0.1) is 4.67 Å². The number of hydrogen-bond acceptors (Lipinski definition) is 4. The highest BCUT2D eigenvalue weighted by Crippen LogP contribution is 2.54. The highest BCUT2D eigenvalue weighted by Gasteiger charge is 2.35. The van der Waals surface area contributed by atoms with E-state index in [0.717, 1.165) is 5.56 Å². The van der Waals surface area contributed by atoms with Crippen LogP contribution in [0, 0.1) is 6.92 Å². The molecule has 1 N–H and O–H groups in total. The fourth-order valence-corrected chi connectivity index (χ4v) is 3.27. The lowest BCUT2D eigenvalue weighted by Crippen LogP contribution is -2.12. The van der Waals surface area contributed by atoms with E-state index in [-0.39, 0.29) is 5.66 Å². The van der Waals surface area contributed by atoms with Crippen LogP contribution in [0.1, 0.15) is 32.3 Å². The topological polar surface area (TPSA) is 55.8 Å². The maximum atomic E-state index is 12.3. The van der Waals surface area contributed by atoms with Crippen LogP contribution < -0.4 is 4.52 Å². The van der Waals surface area contributed by atoms with Gasteiger partial charge in [-0.1, -0.05) is 31.5 Å². The fraction of sp³-hybridized carbons (Fsp3) is 0.500. The van der Waals surface area contributed by atoms with E-state index in [2.05, 4.69) is 4.67 Å². The molecule has 0 aliphatic heterocycles. The molecule has 0 aliphatic rings. The van der Waals surface area contributed by atoms with Gasteiger partial charge < -0.3 is 4.52 Å². The molecule has 0 spiro atoms. The fourth-order valence-electron chi connectivity index (χ4n) is 1.64. The van der Waals surface area contributed by atoms with E-state index >= 15 is 0 Å². The van der Waals surface area contributed by atoms with Crippen LogP contribution in [0.5, 0.6) is 5.75 Å². The van der Waals surface area contributed by atoms with Crippen molar-refractivity contribution >= 4 is 7.60 Å². The Labute approximate surface area is 102 Å². The third-order valence-corrected chi connectivity index (χ3v) is 5.07. The van der Waals surface area contributed by atoms with Crippen molar-refractivity contribution in [3.05, 3.63) is 29.8 Å². The highest BCUT2D eigenvalue weighted by atomic mass is 31.2. The minimum Gasteiger partial charge on any atom is -0.423 e. The summed E-state index contributed by atoms with van der Waals surface area (Å²) in [7, 11) is -3.49. The first-order chi connectivity index (χ1) is 8.05. The van der Waals surface area contributed by atoms with Gasteiger partial charge in [0.15, 0.2) is 0 Å². The molecule has 1 aromatic carbocycles. The van der Waals surface area contributed by atoms with E-state index in [0.29, 0.717) is 18.6 Å². The van der Waals surface area contributed by atoms with E-state index in [4.69, 9.17) is 9.78 Å². The Bertz CT molecular complexity index is 384. The minimum atomic E-state index is -3.49. The average molecular weight is 258 g/mol. The van der Waals surface area contributed by atoms with Gasteiger partial charge in [-0.3, -0.25) is 0 Å². The van der Waals surface area contributed by atoms with E-state index in [1.165, 1.54) is 0 Å². The summed E-state index contributed by atoms with van der Waals surface area (Å²) in [6.07, 6.45) is 1.25. The van der Waals surface area contributed by atoms with Gasteiger partial charge in [0.1, 0.15) is 5.75 Å². The zero-order valence-electron chi connectivity index (χ0n) is 10.4. The Morgan fingerprint density at radius 1 is 1.24 bits per heavy atom. The first kappa shape index (κ1) is 14.2. The zero-order valence-corrected chi connectivity index (χ0v) is 11.3. The summed E-state index contributed by atoms with van der Waals surface area (Å²) in [5, 5.41) is 8.85. The molecule has 0 heterocycles. The third kappa shape index (κ3) is 3.56. The third-order valence-electron chi connectivity index (χ3n) is 2.76. The molecule has 1 atom stereocenters. The highest BCUT2D eigenvalue weighted by molar-refractivity contribution is 7.54. The van der Waals surface area contributed by atoms with Gasteiger partial charge in [0.2, 0.25) is 0 Å². The van der Waals surface area contributed by atoms with Crippen molar-refractivity contribution in [3.8, 4) is 5.75 Å². The number of aryl methyl sites for hydroxylation is 1. The molecule has 1 rings (SSSR count). The largest absolute Gasteiger partial charge is 0.423 e. The summed E-state index contributed by atoms with van der Waals surface area (Å²) in [6.45, 7) is 5.73. The van der Waals surface area contributed by atoms with Gasteiger partial charge in [-0.2, -0.15) is 0 Å². The molecule has 96 valence electrons. The van der Waals surface area contributed by atoms with Gasteiger partial charge in [-0.25, -0.2) is 9.82 Å². The lowest BCUT2D eigenvalue weighted by atomic mass is 10.2. The van der Waals surface area contributed by atoms with Gasteiger partial charge >= 0.3 is 7.60 Å². The smallest absolute Gasteiger partial charge is 0.408 e. The van der Waals surface area contributed by atoms with Crippen LogP contribution in [0.4, 0.5) is 0 Å². The van der Waals surface area contributed by atoms with Crippen molar-refractivity contribution in [1.29, 1.82) is 0 Å². The Morgan fingerprint density at radius 2 is 1.76 bits per heavy atom. The molecule has 0 amide bonds. The van der Waals surface area contributed by atoms with Crippen molar-refractivity contribution in [3.63, 3.8) is 0 Å². The Morgan fingerprint density at radius 3 is 2.18 bits per heavy atom. The van der Waals surface area contributed by atoms with E-state index in [1.807, 2.05) is 32.9 Å². The predicted octanol–water partition coefficient (Wildman–Crippen LogP) is 4.25. The first-order valence-corrected chi connectivity index (χ1v) is 7.36. The summed E-state index contributed by atoms with van der Waals surface area (Å²) < 4.78 is 21.8. The van der Waals surface area contributed by atoms with Crippen LogP contribution in [0.3, 0.4) is 0 Å². The quantitative estimate of drug-likeness (QED) is 0.471. The van der Waals surface area contributed by atoms with Crippen molar-refractivity contribution in [1.82, 2.24) is 0 Å². The molecule has 5 heteroatoms. The molecule has 1 aromatic rings. The van der Waals surface area contributed by atoms with Gasteiger partial charge in [0, 0.05) is 0 Å². The normalized spacial score (nSPS) is 14.6. The predicted molar refractivity (Wildman–Crippen MR) is 67.5 cm³/mol. The van der Waals surface area contributed by atoms with E-state index < -0.39 is 7.60 Å². The zero-order chi connectivity index (χ0) is 12.9. The molecule has 0 fully saturated rings. The molecular weight excluding hydrogens is 239 g/mol. The molecule has 0 aromatic heterocycles. The van der Waals surface area contributed by atoms with E-state index in [1.54, 1.807) is 12.1 Å². The van der Waals surface area contributed by atoms with Crippen LogP contribution in [0.15, 0.2) is 24.3 Å². The number of rotatable bonds is 6. The SMILES string of the molecule is CCC(CC)P(=O)(OO)Oc1ccc(C)cc1. The summed E-state index contributed by atoms with van der Waals surface area (Å²) in [4.78, 5) is 0.